The van der Waals surface area contributed by atoms with E-state index in [2.05, 4.69) is 0 Å². The summed E-state index contributed by atoms with van der Waals surface area (Å²) < 4.78 is 10.4. The summed E-state index contributed by atoms with van der Waals surface area (Å²) in [6.07, 6.45) is 4.07. The van der Waals surface area contributed by atoms with E-state index in [9.17, 15) is 4.79 Å². The van der Waals surface area contributed by atoms with Gasteiger partial charge in [0.05, 0.1) is 12.2 Å². The maximum absolute atomic E-state index is 11.2. The minimum Gasteiger partial charge on any atom is -0.461 e. The standard InChI is InChI=1S/C11H21NO3/c1-8(2)15-11(13)7-14-10-5-3-4-9(12)6-10/h8-10H,3-7,12H2,1-2H3. The molecule has 0 aromatic carbocycles. The van der Waals surface area contributed by atoms with Crippen molar-refractivity contribution in [2.45, 2.75) is 57.8 Å². The van der Waals surface area contributed by atoms with Gasteiger partial charge >= 0.3 is 5.97 Å². The number of esters is 1. The Labute approximate surface area is 91.1 Å². The van der Waals surface area contributed by atoms with Crippen LogP contribution in [-0.4, -0.2) is 30.8 Å². The molecule has 1 saturated carbocycles. The lowest BCUT2D eigenvalue weighted by molar-refractivity contribution is -0.155. The van der Waals surface area contributed by atoms with Crippen LogP contribution >= 0.6 is 0 Å². The van der Waals surface area contributed by atoms with Gasteiger partial charge in [-0.05, 0) is 39.5 Å². The van der Waals surface area contributed by atoms with Crippen LogP contribution in [0.5, 0.6) is 0 Å². The first-order chi connectivity index (χ1) is 7.08. The number of carbonyl (C=O) groups is 1. The zero-order valence-electron chi connectivity index (χ0n) is 9.57. The molecule has 4 nitrogen and oxygen atoms in total. The number of nitrogens with two attached hydrogens (primary N) is 1. The van der Waals surface area contributed by atoms with Crippen LogP contribution in [0.4, 0.5) is 0 Å². The molecule has 0 radical (unpaired) electrons. The van der Waals surface area contributed by atoms with Gasteiger partial charge in [-0.15, -0.1) is 0 Å². The second-order valence-corrected chi connectivity index (χ2v) is 4.40. The molecule has 0 amide bonds. The molecule has 0 aromatic heterocycles. The Hall–Kier alpha value is -0.610. The molecule has 1 rings (SSSR count). The van der Waals surface area contributed by atoms with Crippen molar-refractivity contribution >= 4 is 5.97 Å². The first-order valence-electron chi connectivity index (χ1n) is 5.64. The number of rotatable bonds is 4. The molecule has 1 aliphatic rings. The smallest absolute Gasteiger partial charge is 0.332 e. The van der Waals surface area contributed by atoms with Gasteiger partial charge in [0.2, 0.25) is 0 Å². The molecule has 1 fully saturated rings. The predicted molar refractivity (Wildman–Crippen MR) is 57.4 cm³/mol. The lowest BCUT2D eigenvalue weighted by atomic mass is 9.94. The molecule has 0 spiro atoms. The van der Waals surface area contributed by atoms with E-state index in [0.29, 0.717) is 0 Å². The lowest BCUT2D eigenvalue weighted by Crippen LogP contribution is -2.33. The maximum Gasteiger partial charge on any atom is 0.332 e. The van der Waals surface area contributed by atoms with Gasteiger partial charge in [0.25, 0.3) is 0 Å². The Balaban J connectivity index is 2.16. The van der Waals surface area contributed by atoms with Crippen LogP contribution in [0.3, 0.4) is 0 Å². The molecule has 0 heterocycles. The molecule has 0 saturated heterocycles. The predicted octanol–water partition coefficient (Wildman–Crippen LogP) is 1.22. The Kier molecular flexibility index (Phi) is 5.05. The van der Waals surface area contributed by atoms with E-state index in [4.69, 9.17) is 15.2 Å². The second-order valence-electron chi connectivity index (χ2n) is 4.40. The molecular weight excluding hydrogens is 194 g/mol. The van der Waals surface area contributed by atoms with Crippen molar-refractivity contribution in [2.24, 2.45) is 5.73 Å². The topological polar surface area (TPSA) is 61.5 Å². The van der Waals surface area contributed by atoms with Gasteiger partial charge < -0.3 is 15.2 Å². The van der Waals surface area contributed by atoms with E-state index < -0.39 is 0 Å². The van der Waals surface area contributed by atoms with Crippen LogP contribution in [0.1, 0.15) is 39.5 Å². The number of hydrogen-bond donors (Lipinski definition) is 1. The molecule has 2 atom stereocenters. The molecule has 0 bridgehead atoms. The number of hydrogen-bond acceptors (Lipinski definition) is 4. The first kappa shape index (κ1) is 12.5. The fourth-order valence-electron chi connectivity index (χ4n) is 1.82. The summed E-state index contributed by atoms with van der Waals surface area (Å²) in [7, 11) is 0. The summed E-state index contributed by atoms with van der Waals surface area (Å²) in [5, 5.41) is 0. The van der Waals surface area contributed by atoms with Crippen molar-refractivity contribution in [3.8, 4) is 0 Å². The zero-order valence-corrected chi connectivity index (χ0v) is 9.57. The molecule has 0 aliphatic heterocycles. The molecule has 15 heavy (non-hydrogen) atoms. The van der Waals surface area contributed by atoms with E-state index in [-0.39, 0.29) is 30.8 Å². The van der Waals surface area contributed by atoms with E-state index in [1.807, 2.05) is 13.8 Å². The highest BCUT2D eigenvalue weighted by Gasteiger charge is 2.20. The van der Waals surface area contributed by atoms with Crippen LogP contribution in [0.25, 0.3) is 0 Å². The van der Waals surface area contributed by atoms with Crippen molar-refractivity contribution in [2.75, 3.05) is 6.61 Å². The zero-order chi connectivity index (χ0) is 11.3. The fourth-order valence-corrected chi connectivity index (χ4v) is 1.82. The number of carbonyl (C=O) groups excluding carboxylic acids is 1. The SMILES string of the molecule is CC(C)OC(=O)COC1CCCC(N)C1. The Bertz CT molecular complexity index is 206. The molecule has 4 heteroatoms. The highest BCUT2D eigenvalue weighted by Crippen LogP contribution is 2.19. The largest absolute Gasteiger partial charge is 0.461 e. The lowest BCUT2D eigenvalue weighted by Gasteiger charge is -2.26. The van der Waals surface area contributed by atoms with Gasteiger partial charge in [-0.25, -0.2) is 4.79 Å². The summed E-state index contributed by atoms with van der Waals surface area (Å²) in [4.78, 5) is 11.2. The monoisotopic (exact) mass is 215 g/mol. The van der Waals surface area contributed by atoms with Gasteiger partial charge in [0.1, 0.15) is 6.61 Å². The van der Waals surface area contributed by atoms with Crippen molar-refractivity contribution in [1.82, 2.24) is 0 Å². The summed E-state index contributed by atoms with van der Waals surface area (Å²) in [5.41, 5.74) is 5.82. The molecule has 88 valence electrons. The van der Waals surface area contributed by atoms with Gasteiger partial charge in [0, 0.05) is 6.04 Å². The van der Waals surface area contributed by atoms with E-state index >= 15 is 0 Å². The fraction of sp³-hybridized carbons (Fsp3) is 0.909. The molecule has 0 aromatic rings. The summed E-state index contributed by atoms with van der Waals surface area (Å²) in [5.74, 6) is -0.288. The quantitative estimate of drug-likeness (QED) is 0.716. The minimum absolute atomic E-state index is 0.0512. The van der Waals surface area contributed by atoms with Crippen molar-refractivity contribution in [1.29, 1.82) is 0 Å². The van der Waals surface area contributed by atoms with E-state index in [0.717, 1.165) is 25.7 Å². The third kappa shape index (κ3) is 5.14. The first-order valence-corrected chi connectivity index (χ1v) is 5.64. The third-order valence-electron chi connectivity index (χ3n) is 2.47. The molecule has 2 unspecified atom stereocenters. The summed E-state index contributed by atoms with van der Waals surface area (Å²) in [6.45, 7) is 3.71. The average molecular weight is 215 g/mol. The van der Waals surface area contributed by atoms with Gasteiger partial charge in [0.15, 0.2) is 0 Å². The van der Waals surface area contributed by atoms with Crippen molar-refractivity contribution in [3.05, 3.63) is 0 Å². The Morgan fingerprint density at radius 2 is 2.20 bits per heavy atom. The molecule has 1 aliphatic carbocycles. The van der Waals surface area contributed by atoms with Gasteiger partial charge in [-0.2, -0.15) is 0 Å². The van der Waals surface area contributed by atoms with Crippen molar-refractivity contribution in [3.63, 3.8) is 0 Å². The van der Waals surface area contributed by atoms with Gasteiger partial charge in [-0.3, -0.25) is 0 Å². The summed E-state index contributed by atoms with van der Waals surface area (Å²) in [6, 6.07) is 0.227. The average Bonchev–Trinajstić information content (AvgIpc) is 2.14. The highest BCUT2D eigenvalue weighted by atomic mass is 16.6. The number of ether oxygens (including phenoxy) is 2. The normalized spacial score (nSPS) is 26.7. The summed E-state index contributed by atoms with van der Waals surface area (Å²) >= 11 is 0. The third-order valence-corrected chi connectivity index (χ3v) is 2.47. The van der Waals surface area contributed by atoms with E-state index in [1.54, 1.807) is 0 Å². The van der Waals surface area contributed by atoms with E-state index in [1.165, 1.54) is 0 Å². The second kappa shape index (κ2) is 6.08. The Morgan fingerprint density at radius 1 is 1.47 bits per heavy atom. The van der Waals surface area contributed by atoms with Crippen LogP contribution in [0.2, 0.25) is 0 Å². The van der Waals surface area contributed by atoms with Crippen LogP contribution < -0.4 is 5.73 Å². The highest BCUT2D eigenvalue weighted by molar-refractivity contribution is 5.70. The van der Waals surface area contributed by atoms with Crippen LogP contribution in [-0.2, 0) is 14.3 Å². The van der Waals surface area contributed by atoms with Crippen LogP contribution in [0.15, 0.2) is 0 Å². The Morgan fingerprint density at radius 3 is 2.80 bits per heavy atom. The van der Waals surface area contributed by atoms with Crippen molar-refractivity contribution < 1.29 is 14.3 Å². The molecule has 2 N–H and O–H groups in total. The minimum atomic E-state index is -0.288. The van der Waals surface area contributed by atoms with Crippen LogP contribution in [0, 0.1) is 0 Å². The van der Waals surface area contributed by atoms with Gasteiger partial charge in [-0.1, -0.05) is 0 Å². The maximum atomic E-state index is 11.2. The molecular formula is C11H21NO3.